The van der Waals surface area contributed by atoms with Crippen LogP contribution in [0.1, 0.15) is 15.9 Å². The van der Waals surface area contributed by atoms with E-state index in [1.165, 1.54) is 0 Å². The first kappa shape index (κ1) is 19.1. The molecule has 4 rings (SSSR count). The first-order valence-corrected chi connectivity index (χ1v) is 9.97. The molecule has 0 aliphatic carbocycles. The van der Waals surface area contributed by atoms with Crippen LogP contribution < -0.4 is 0 Å². The van der Waals surface area contributed by atoms with Crippen molar-refractivity contribution in [3.05, 3.63) is 101 Å². The fourth-order valence-corrected chi connectivity index (χ4v) is 3.53. The van der Waals surface area contributed by atoms with Crippen molar-refractivity contribution >= 4 is 21.8 Å². The van der Waals surface area contributed by atoms with Gasteiger partial charge in [-0.1, -0.05) is 52.3 Å². The van der Waals surface area contributed by atoms with Crippen LogP contribution in [0.15, 0.2) is 89.8 Å². The number of para-hydroxylation sites is 1. The molecule has 0 atom stereocenters. The summed E-state index contributed by atoms with van der Waals surface area (Å²) in [6, 6.07) is 21.4. The highest BCUT2D eigenvalue weighted by molar-refractivity contribution is 9.10. The third-order valence-electron chi connectivity index (χ3n) is 4.61. The number of rotatable bonds is 5. The van der Waals surface area contributed by atoms with Crippen LogP contribution in [-0.2, 0) is 6.54 Å². The summed E-state index contributed by atoms with van der Waals surface area (Å²) < 4.78 is 2.72. The van der Waals surface area contributed by atoms with Gasteiger partial charge in [-0.3, -0.25) is 9.78 Å². The maximum Gasteiger partial charge on any atom is 0.257 e. The van der Waals surface area contributed by atoms with Crippen molar-refractivity contribution in [1.29, 1.82) is 0 Å². The molecule has 0 aliphatic rings. The van der Waals surface area contributed by atoms with Crippen LogP contribution in [0, 0.1) is 0 Å². The molecule has 2 aromatic carbocycles. The van der Waals surface area contributed by atoms with E-state index in [0.29, 0.717) is 17.8 Å². The first-order valence-electron chi connectivity index (χ1n) is 9.18. The summed E-state index contributed by atoms with van der Waals surface area (Å²) >= 11 is 3.55. The van der Waals surface area contributed by atoms with E-state index in [9.17, 15) is 4.79 Å². The molecule has 0 unspecified atom stereocenters. The Hall–Kier alpha value is -3.25. The van der Waals surface area contributed by atoms with Gasteiger partial charge in [0, 0.05) is 42.2 Å². The van der Waals surface area contributed by atoms with Crippen molar-refractivity contribution in [3.8, 4) is 16.9 Å². The number of aromatic nitrogens is 3. The van der Waals surface area contributed by atoms with E-state index in [2.05, 4.69) is 20.9 Å². The lowest BCUT2D eigenvalue weighted by atomic mass is 10.1. The zero-order valence-corrected chi connectivity index (χ0v) is 17.5. The molecule has 6 heteroatoms. The van der Waals surface area contributed by atoms with E-state index >= 15 is 0 Å². The predicted molar refractivity (Wildman–Crippen MR) is 117 cm³/mol. The summed E-state index contributed by atoms with van der Waals surface area (Å²) in [5.41, 5.74) is 3.90. The molecule has 4 aromatic rings. The smallest absolute Gasteiger partial charge is 0.257 e. The number of hydrogen-bond acceptors (Lipinski definition) is 3. The second kappa shape index (κ2) is 8.41. The number of halogens is 1. The number of pyridine rings is 1. The van der Waals surface area contributed by atoms with Gasteiger partial charge in [0.25, 0.3) is 5.91 Å². The first-order chi connectivity index (χ1) is 14.1. The van der Waals surface area contributed by atoms with Gasteiger partial charge in [0.2, 0.25) is 0 Å². The minimum absolute atomic E-state index is 0.0956. The highest BCUT2D eigenvalue weighted by Crippen LogP contribution is 2.25. The standard InChI is InChI=1S/C23H19BrN4O/c1-27(15-18-8-5-6-12-21(18)24)23(29)20-16-28(19-10-3-2-4-11-19)26-22(20)17-9-7-13-25-14-17/h2-14,16H,15H2,1H3. The number of nitrogens with zero attached hydrogens (tertiary/aromatic N) is 4. The summed E-state index contributed by atoms with van der Waals surface area (Å²) in [6.07, 6.45) is 5.22. The van der Waals surface area contributed by atoms with Crippen molar-refractivity contribution < 1.29 is 4.79 Å². The molecule has 144 valence electrons. The lowest BCUT2D eigenvalue weighted by molar-refractivity contribution is 0.0785. The van der Waals surface area contributed by atoms with Gasteiger partial charge >= 0.3 is 0 Å². The molecule has 5 nitrogen and oxygen atoms in total. The van der Waals surface area contributed by atoms with Gasteiger partial charge in [-0.05, 0) is 35.9 Å². The molecule has 29 heavy (non-hydrogen) atoms. The molecule has 2 aromatic heterocycles. The minimum atomic E-state index is -0.0956. The molecule has 0 saturated carbocycles. The van der Waals surface area contributed by atoms with Crippen LogP contribution in [0.25, 0.3) is 16.9 Å². The second-order valence-electron chi connectivity index (χ2n) is 6.67. The predicted octanol–water partition coefficient (Wildman–Crippen LogP) is 4.97. The van der Waals surface area contributed by atoms with E-state index < -0.39 is 0 Å². The summed E-state index contributed by atoms with van der Waals surface area (Å²) in [7, 11) is 1.80. The maximum atomic E-state index is 13.3. The average Bonchev–Trinajstić information content (AvgIpc) is 3.21. The topological polar surface area (TPSA) is 51.0 Å². The Morgan fingerprint density at radius 2 is 1.79 bits per heavy atom. The summed E-state index contributed by atoms with van der Waals surface area (Å²) in [5.74, 6) is -0.0956. The number of benzene rings is 2. The molecular formula is C23H19BrN4O. The largest absolute Gasteiger partial charge is 0.337 e. The zero-order chi connectivity index (χ0) is 20.2. The summed E-state index contributed by atoms with van der Waals surface area (Å²) in [6.45, 7) is 0.489. The second-order valence-corrected chi connectivity index (χ2v) is 7.52. The Morgan fingerprint density at radius 1 is 1.03 bits per heavy atom. The van der Waals surface area contributed by atoms with Gasteiger partial charge in [-0.25, -0.2) is 4.68 Å². The SMILES string of the molecule is CN(Cc1ccccc1Br)C(=O)c1cn(-c2ccccc2)nc1-c1cccnc1. The van der Waals surface area contributed by atoms with Crippen molar-refractivity contribution in [3.63, 3.8) is 0 Å². The zero-order valence-electron chi connectivity index (χ0n) is 15.9. The Labute approximate surface area is 177 Å². The van der Waals surface area contributed by atoms with Crippen molar-refractivity contribution in [2.24, 2.45) is 0 Å². The van der Waals surface area contributed by atoms with Crippen LogP contribution in [0.4, 0.5) is 0 Å². The highest BCUT2D eigenvalue weighted by Gasteiger charge is 2.22. The van der Waals surface area contributed by atoms with Gasteiger partial charge in [0.1, 0.15) is 5.69 Å². The maximum absolute atomic E-state index is 13.3. The van der Waals surface area contributed by atoms with Gasteiger partial charge in [-0.15, -0.1) is 0 Å². The van der Waals surface area contributed by atoms with E-state index in [4.69, 9.17) is 5.10 Å². The van der Waals surface area contributed by atoms with E-state index in [-0.39, 0.29) is 5.91 Å². The lowest BCUT2D eigenvalue weighted by Gasteiger charge is -2.18. The van der Waals surface area contributed by atoms with Crippen LogP contribution in [0.5, 0.6) is 0 Å². The monoisotopic (exact) mass is 446 g/mol. The minimum Gasteiger partial charge on any atom is -0.337 e. The quantitative estimate of drug-likeness (QED) is 0.434. The molecule has 0 N–H and O–H groups in total. The van der Waals surface area contributed by atoms with Gasteiger partial charge in [0.05, 0.1) is 11.3 Å². The number of carbonyl (C=O) groups excluding carboxylic acids is 1. The molecule has 0 bridgehead atoms. The summed E-state index contributed by atoms with van der Waals surface area (Å²) in [4.78, 5) is 19.2. The molecule has 0 aliphatic heterocycles. The lowest BCUT2D eigenvalue weighted by Crippen LogP contribution is -2.26. The number of hydrogen-bond donors (Lipinski definition) is 0. The number of carbonyl (C=O) groups is 1. The third kappa shape index (κ3) is 4.12. The molecule has 0 saturated heterocycles. The van der Waals surface area contributed by atoms with Crippen LogP contribution in [-0.4, -0.2) is 32.6 Å². The van der Waals surface area contributed by atoms with Gasteiger partial charge < -0.3 is 4.90 Å². The third-order valence-corrected chi connectivity index (χ3v) is 5.39. The van der Waals surface area contributed by atoms with Crippen molar-refractivity contribution in [2.75, 3.05) is 7.05 Å². The molecule has 0 radical (unpaired) electrons. The van der Waals surface area contributed by atoms with Crippen molar-refractivity contribution in [1.82, 2.24) is 19.7 Å². The molecular weight excluding hydrogens is 428 g/mol. The molecule has 0 fully saturated rings. The Morgan fingerprint density at radius 3 is 2.52 bits per heavy atom. The molecule has 2 heterocycles. The van der Waals surface area contributed by atoms with Gasteiger partial charge in [-0.2, -0.15) is 5.10 Å². The average molecular weight is 447 g/mol. The van der Waals surface area contributed by atoms with E-state index in [1.54, 1.807) is 35.2 Å². The highest BCUT2D eigenvalue weighted by atomic mass is 79.9. The molecule has 1 amide bonds. The fourth-order valence-electron chi connectivity index (χ4n) is 3.12. The Balaban J connectivity index is 1.72. The van der Waals surface area contributed by atoms with Gasteiger partial charge in [0.15, 0.2) is 0 Å². The van der Waals surface area contributed by atoms with Crippen LogP contribution >= 0.6 is 15.9 Å². The Kier molecular flexibility index (Phi) is 5.53. The van der Waals surface area contributed by atoms with Crippen molar-refractivity contribution in [2.45, 2.75) is 6.54 Å². The van der Waals surface area contributed by atoms with Crippen LogP contribution in [0.2, 0.25) is 0 Å². The normalized spacial score (nSPS) is 10.7. The Bertz CT molecular complexity index is 1130. The van der Waals surface area contributed by atoms with Crippen LogP contribution in [0.3, 0.4) is 0 Å². The van der Waals surface area contributed by atoms with E-state index in [1.807, 2.05) is 66.7 Å². The summed E-state index contributed by atoms with van der Waals surface area (Å²) in [5, 5.41) is 4.70. The van der Waals surface area contributed by atoms with E-state index in [0.717, 1.165) is 21.3 Å². The fraction of sp³-hybridized carbons (Fsp3) is 0.0870. The number of amides is 1. The molecule has 0 spiro atoms.